The summed E-state index contributed by atoms with van der Waals surface area (Å²) in [4.78, 5) is 0. The van der Waals surface area contributed by atoms with Gasteiger partial charge in [-0.2, -0.15) is 0 Å². The molecule has 0 aliphatic carbocycles. The molecule has 1 aromatic heterocycles. The second kappa shape index (κ2) is 4.14. The summed E-state index contributed by atoms with van der Waals surface area (Å²) in [7, 11) is 0. The molecule has 0 amide bonds. The van der Waals surface area contributed by atoms with Gasteiger partial charge in [0.05, 0.1) is 5.56 Å². The van der Waals surface area contributed by atoms with Crippen molar-refractivity contribution in [3.8, 4) is 11.3 Å². The van der Waals surface area contributed by atoms with Gasteiger partial charge in [-0.15, -0.1) is 0 Å². The summed E-state index contributed by atoms with van der Waals surface area (Å²) in [5.74, 6) is 0.222. The second-order valence-corrected chi connectivity index (χ2v) is 3.79. The fourth-order valence-corrected chi connectivity index (χ4v) is 1.71. The standard InChI is InChI=1S/C11H10ClFN2O/c1-2-7-10(16-15-11(7)14)8-4-3-6(12)5-9(8)13/h3-5H,2H2,1H3,(H2,14,15). The molecule has 1 heterocycles. The van der Waals surface area contributed by atoms with Crippen molar-refractivity contribution >= 4 is 17.4 Å². The first-order chi connectivity index (χ1) is 7.63. The van der Waals surface area contributed by atoms with E-state index < -0.39 is 5.82 Å². The fraction of sp³-hybridized carbons (Fsp3) is 0.182. The largest absolute Gasteiger partial charge is 0.381 e. The highest BCUT2D eigenvalue weighted by Gasteiger charge is 2.17. The van der Waals surface area contributed by atoms with Gasteiger partial charge in [0.2, 0.25) is 0 Å². The third kappa shape index (κ3) is 1.76. The number of hydrogen-bond acceptors (Lipinski definition) is 3. The van der Waals surface area contributed by atoms with E-state index in [1.54, 1.807) is 12.1 Å². The average Bonchev–Trinajstić information content (AvgIpc) is 2.59. The van der Waals surface area contributed by atoms with Crippen molar-refractivity contribution in [2.75, 3.05) is 5.73 Å². The normalized spacial score (nSPS) is 10.7. The lowest BCUT2D eigenvalue weighted by atomic mass is 10.1. The third-order valence-electron chi connectivity index (χ3n) is 2.35. The Morgan fingerprint density at radius 2 is 2.25 bits per heavy atom. The van der Waals surface area contributed by atoms with Gasteiger partial charge in [-0.3, -0.25) is 0 Å². The zero-order valence-corrected chi connectivity index (χ0v) is 9.38. The lowest BCUT2D eigenvalue weighted by Gasteiger charge is -2.01. The van der Waals surface area contributed by atoms with Gasteiger partial charge < -0.3 is 10.3 Å². The van der Waals surface area contributed by atoms with Crippen molar-refractivity contribution in [1.29, 1.82) is 0 Å². The van der Waals surface area contributed by atoms with Crippen molar-refractivity contribution in [2.45, 2.75) is 13.3 Å². The Labute approximate surface area is 97.0 Å². The number of nitrogens with zero attached hydrogens (tertiary/aromatic N) is 1. The predicted octanol–water partition coefficient (Wildman–Crippen LogP) is 3.28. The Morgan fingerprint density at radius 1 is 1.50 bits per heavy atom. The van der Waals surface area contributed by atoms with E-state index in [-0.39, 0.29) is 0 Å². The fourth-order valence-electron chi connectivity index (χ4n) is 1.55. The Balaban J connectivity index is 2.58. The van der Waals surface area contributed by atoms with Crippen LogP contribution >= 0.6 is 11.6 Å². The summed E-state index contributed by atoms with van der Waals surface area (Å²) in [6.07, 6.45) is 0.632. The van der Waals surface area contributed by atoms with Gasteiger partial charge in [-0.05, 0) is 24.6 Å². The monoisotopic (exact) mass is 240 g/mol. The Kier molecular flexibility index (Phi) is 2.83. The third-order valence-corrected chi connectivity index (χ3v) is 2.58. The van der Waals surface area contributed by atoms with Crippen LogP contribution in [0.25, 0.3) is 11.3 Å². The number of aromatic nitrogens is 1. The molecule has 5 heteroatoms. The van der Waals surface area contributed by atoms with Crippen LogP contribution in [0.2, 0.25) is 5.02 Å². The van der Waals surface area contributed by atoms with E-state index in [9.17, 15) is 4.39 Å². The number of anilines is 1. The maximum Gasteiger partial charge on any atom is 0.175 e. The lowest BCUT2D eigenvalue weighted by Crippen LogP contribution is -1.92. The molecule has 0 aliphatic heterocycles. The highest BCUT2D eigenvalue weighted by molar-refractivity contribution is 6.30. The first-order valence-electron chi connectivity index (χ1n) is 4.83. The minimum absolute atomic E-state index is 0.298. The molecule has 2 N–H and O–H groups in total. The first-order valence-corrected chi connectivity index (χ1v) is 5.20. The van der Waals surface area contributed by atoms with Crippen LogP contribution in [0.15, 0.2) is 22.7 Å². The summed E-state index contributed by atoms with van der Waals surface area (Å²) in [5.41, 5.74) is 6.65. The molecule has 3 nitrogen and oxygen atoms in total. The zero-order valence-electron chi connectivity index (χ0n) is 8.63. The van der Waals surface area contributed by atoms with Crippen LogP contribution < -0.4 is 5.73 Å². The van der Waals surface area contributed by atoms with Crippen molar-refractivity contribution in [3.05, 3.63) is 34.6 Å². The SMILES string of the molecule is CCc1c(N)noc1-c1ccc(Cl)cc1F. The number of halogens is 2. The molecule has 1 aromatic carbocycles. The molecule has 0 bridgehead atoms. The van der Waals surface area contributed by atoms with E-state index in [1.165, 1.54) is 6.07 Å². The molecule has 0 atom stereocenters. The number of nitrogens with two attached hydrogens (primary N) is 1. The van der Waals surface area contributed by atoms with Crippen LogP contribution in [0.5, 0.6) is 0 Å². The average molecular weight is 241 g/mol. The number of nitrogen functional groups attached to an aromatic ring is 1. The van der Waals surface area contributed by atoms with Crippen molar-refractivity contribution in [1.82, 2.24) is 5.16 Å². The molecule has 16 heavy (non-hydrogen) atoms. The number of benzene rings is 1. The van der Waals surface area contributed by atoms with E-state index in [0.29, 0.717) is 34.1 Å². The summed E-state index contributed by atoms with van der Waals surface area (Å²) < 4.78 is 18.7. The highest BCUT2D eigenvalue weighted by atomic mass is 35.5. The van der Waals surface area contributed by atoms with Crippen LogP contribution in [0, 0.1) is 5.82 Å². The lowest BCUT2D eigenvalue weighted by molar-refractivity contribution is 0.432. The first kappa shape index (κ1) is 11.0. The topological polar surface area (TPSA) is 52.0 Å². The second-order valence-electron chi connectivity index (χ2n) is 3.35. The van der Waals surface area contributed by atoms with Gasteiger partial charge in [0.25, 0.3) is 0 Å². The quantitative estimate of drug-likeness (QED) is 0.876. The smallest absolute Gasteiger partial charge is 0.175 e. The van der Waals surface area contributed by atoms with Crippen LogP contribution in [0.1, 0.15) is 12.5 Å². The minimum Gasteiger partial charge on any atom is -0.381 e. The predicted molar refractivity (Wildman–Crippen MR) is 60.7 cm³/mol. The molecule has 84 valence electrons. The summed E-state index contributed by atoms with van der Waals surface area (Å²) in [6, 6.07) is 4.38. The van der Waals surface area contributed by atoms with Crippen molar-refractivity contribution in [2.24, 2.45) is 0 Å². The van der Waals surface area contributed by atoms with Crippen LogP contribution in [0.4, 0.5) is 10.2 Å². The van der Waals surface area contributed by atoms with E-state index >= 15 is 0 Å². The van der Waals surface area contributed by atoms with Gasteiger partial charge in [-0.25, -0.2) is 4.39 Å². The summed E-state index contributed by atoms with van der Waals surface area (Å²) in [5, 5.41) is 3.97. The van der Waals surface area contributed by atoms with Crippen LogP contribution in [-0.2, 0) is 6.42 Å². The minimum atomic E-state index is -0.446. The van der Waals surface area contributed by atoms with Gasteiger partial charge in [0, 0.05) is 10.6 Å². The molecule has 2 aromatic rings. The van der Waals surface area contributed by atoms with Crippen LogP contribution in [-0.4, -0.2) is 5.16 Å². The van der Waals surface area contributed by atoms with Gasteiger partial charge in [0.15, 0.2) is 11.6 Å². The van der Waals surface area contributed by atoms with Gasteiger partial charge in [0.1, 0.15) is 5.82 Å². The highest BCUT2D eigenvalue weighted by Crippen LogP contribution is 2.31. The number of hydrogen-bond donors (Lipinski definition) is 1. The molecule has 0 spiro atoms. The van der Waals surface area contributed by atoms with Crippen LogP contribution in [0.3, 0.4) is 0 Å². The molecule has 0 radical (unpaired) electrons. The van der Waals surface area contributed by atoms with Crippen molar-refractivity contribution < 1.29 is 8.91 Å². The van der Waals surface area contributed by atoms with Crippen molar-refractivity contribution in [3.63, 3.8) is 0 Å². The molecule has 0 saturated carbocycles. The van der Waals surface area contributed by atoms with Gasteiger partial charge in [-0.1, -0.05) is 23.7 Å². The Bertz CT molecular complexity index is 525. The Hall–Kier alpha value is -1.55. The maximum absolute atomic E-state index is 13.6. The molecule has 0 fully saturated rings. The van der Waals surface area contributed by atoms with E-state index in [0.717, 1.165) is 0 Å². The molecule has 0 saturated heterocycles. The molecular weight excluding hydrogens is 231 g/mol. The zero-order chi connectivity index (χ0) is 11.7. The summed E-state index contributed by atoms with van der Waals surface area (Å²) in [6.45, 7) is 1.90. The molecular formula is C11H10ClFN2O. The number of rotatable bonds is 2. The van der Waals surface area contributed by atoms with E-state index in [1.807, 2.05) is 6.92 Å². The van der Waals surface area contributed by atoms with E-state index in [2.05, 4.69) is 5.16 Å². The Morgan fingerprint density at radius 3 is 2.88 bits per heavy atom. The van der Waals surface area contributed by atoms with Gasteiger partial charge >= 0.3 is 0 Å². The maximum atomic E-state index is 13.6. The molecule has 2 rings (SSSR count). The molecule has 0 unspecified atom stereocenters. The van der Waals surface area contributed by atoms with E-state index in [4.69, 9.17) is 21.9 Å². The molecule has 0 aliphatic rings. The summed E-state index contributed by atoms with van der Waals surface area (Å²) >= 11 is 5.67.